The summed E-state index contributed by atoms with van der Waals surface area (Å²) >= 11 is 0. The van der Waals surface area contributed by atoms with Gasteiger partial charge in [-0.15, -0.1) is 0 Å². The van der Waals surface area contributed by atoms with Crippen LogP contribution in [0.25, 0.3) is 0 Å². The fourth-order valence-electron chi connectivity index (χ4n) is 1.75. The largest absolute Gasteiger partial charge is 0.465 e. The highest BCUT2D eigenvalue weighted by Gasteiger charge is 2.20. The lowest BCUT2D eigenvalue weighted by atomic mass is 10.1. The van der Waals surface area contributed by atoms with Gasteiger partial charge in [-0.05, 0) is 12.5 Å². The molecule has 0 aliphatic heterocycles. The summed E-state index contributed by atoms with van der Waals surface area (Å²) < 4.78 is 5.08. The Morgan fingerprint density at radius 1 is 1.19 bits per heavy atom. The van der Waals surface area contributed by atoms with E-state index in [1.54, 1.807) is 21.0 Å². The van der Waals surface area contributed by atoms with Crippen LogP contribution in [0.2, 0.25) is 0 Å². The Hall–Kier alpha value is -2.08. The molecule has 1 aromatic rings. The second kappa shape index (κ2) is 8.97. The normalized spacial score (nSPS) is 11.6. The van der Waals surface area contributed by atoms with E-state index in [-0.39, 0.29) is 12.0 Å². The molecule has 116 valence electrons. The van der Waals surface area contributed by atoms with Crippen molar-refractivity contribution >= 4 is 12.0 Å². The van der Waals surface area contributed by atoms with Gasteiger partial charge in [-0.3, -0.25) is 5.32 Å². The van der Waals surface area contributed by atoms with Gasteiger partial charge in [0.05, 0.1) is 6.61 Å². The van der Waals surface area contributed by atoms with E-state index < -0.39 is 6.04 Å². The van der Waals surface area contributed by atoms with Crippen LogP contribution in [0.15, 0.2) is 30.3 Å². The highest BCUT2D eigenvalue weighted by Crippen LogP contribution is 2.13. The van der Waals surface area contributed by atoms with Gasteiger partial charge in [0.25, 0.3) is 0 Å². The summed E-state index contributed by atoms with van der Waals surface area (Å²) in [4.78, 5) is 24.8. The number of nitrogens with zero attached hydrogens (tertiary/aromatic N) is 1. The number of carbonyl (C=O) groups is 2. The summed E-state index contributed by atoms with van der Waals surface area (Å²) in [7, 11) is 3.35. The SMILES string of the molecule is CCOC(=O)C(NCCNC(=O)N(C)C)c1ccccc1. The summed E-state index contributed by atoms with van der Waals surface area (Å²) in [6.07, 6.45) is 0. The predicted molar refractivity (Wildman–Crippen MR) is 80.9 cm³/mol. The molecule has 0 bridgehead atoms. The maximum atomic E-state index is 12.0. The molecule has 0 spiro atoms. The molecular formula is C15H23N3O3. The lowest BCUT2D eigenvalue weighted by Crippen LogP contribution is -2.40. The molecule has 2 amide bonds. The molecule has 0 saturated carbocycles. The molecule has 1 aromatic carbocycles. The highest BCUT2D eigenvalue weighted by molar-refractivity contribution is 5.77. The van der Waals surface area contributed by atoms with Gasteiger partial charge in [0.2, 0.25) is 0 Å². The number of amides is 2. The van der Waals surface area contributed by atoms with Crippen LogP contribution >= 0.6 is 0 Å². The Bertz CT molecular complexity index is 449. The Balaban J connectivity index is 2.55. The molecule has 21 heavy (non-hydrogen) atoms. The van der Waals surface area contributed by atoms with Gasteiger partial charge in [-0.2, -0.15) is 0 Å². The first-order valence-corrected chi connectivity index (χ1v) is 6.96. The van der Waals surface area contributed by atoms with Gasteiger partial charge in [-0.1, -0.05) is 30.3 Å². The molecule has 1 unspecified atom stereocenters. The van der Waals surface area contributed by atoms with Crippen LogP contribution in [0.3, 0.4) is 0 Å². The van der Waals surface area contributed by atoms with Crippen LogP contribution in [-0.4, -0.2) is 50.7 Å². The van der Waals surface area contributed by atoms with Crippen molar-refractivity contribution in [2.75, 3.05) is 33.8 Å². The standard InChI is InChI=1S/C15H23N3O3/c1-4-21-14(19)13(12-8-6-5-7-9-12)16-10-11-17-15(20)18(2)3/h5-9,13,16H,4,10-11H2,1-3H3,(H,17,20). The first-order chi connectivity index (χ1) is 10.1. The summed E-state index contributed by atoms with van der Waals surface area (Å²) in [5.41, 5.74) is 0.842. The van der Waals surface area contributed by atoms with Gasteiger partial charge in [0, 0.05) is 27.2 Å². The molecule has 0 saturated heterocycles. The third-order valence-corrected chi connectivity index (χ3v) is 2.81. The number of esters is 1. The Labute approximate surface area is 125 Å². The molecule has 0 aliphatic rings. The zero-order valence-corrected chi connectivity index (χ0v) is 12.8. The molecule has 6 nitrogen and oxygen atoms in total. The van der Waals surface area contributed by atoms with Crippen LogP contribution in [0, 0.1) is 0 Å². The average Bonchev–Trinajstić information content (AvgIpc) is 2.47. The maximum absolute atomic E-state index is 12.0. The van der Waals surface area contributed by atoms with Gasteiger partial charge >= 0.3 is 12.0 Å². The van der Waals surface area contributed by atoms with E-state index in [0.717, 1.165) is 5.56 Å². The molecule has 0 fully saturated rings. The first-order valence-electron chi connectivity index (χ1n) is 6.96. The molecular weight excluding hydrogens is 270 g/mol. The molecule has 0 aromatic heterocycles. The lowest BCUT2D eigenvalue weighted by molar-refractivity contribution is -0.145. The minimum Gasteiger partial charge on any atom is -0.465 e. The van der Waals surface area contributed by atoms with E-state index in [9.17, 15) is 9.59 Å². The Kier molecular flexibility index (Phi) is 7.25. The van der Waals surface area contributed by atoms with Crippen molar-refractivity contribution in [2.45, 2.75) is 13.0 Å². The smallest absolute Gasteiger partial charge is 0.327 e. The molecule has 0 aliphatic carbocycles. The molecule has 0 radical (unpaired) electrons. The second-order valence-electron chi connectivity index (χ2n) is 4.68. The molecule has 1 rings (SSSR count). The van der Waals surface area contributed by atoms with Gasteiger partial charge < -0.3 is 15.0 Å². The summed E-state index contributed by atoms with van der Waals surface area (Å²) in [6, 6.07) is 8.68. The fourth-order valence-corrected chi connectivity index (χ4v) is 1.75. The zero-order valence-electron chi connectivity index (χ0n) is 12.8. The lowest BCUT2D eigenvalue weighted by Gasteiger charge is -2.18. The van der Waals surface area contributed by atoms with E-state index in [0.29, 0.717) is 19.7 Å². The van der Waals surface area contributed by atoms with Crippen molar-refractivity contribution in [3.63, 3.8) is 0 Å². The number of hydrogen-bond acceptors (Lipinski definition) is 4. The summed E-state index contributed by atoms with van der Waals surface area (Å²) in [5, 5.41) is 5.84. The number of carbonyl (C=O) groups excluding carboxylic acids is 2. The van der Waals surface area contributed by atoms with Crippen molar-refractivity contribution in [3.05, 3.63) is 35.9 Å². The van der Waals surface area contributed by atoms with Crippen molar-refractivity contribution < 1.29 is 14.3 Å². The monoisotopic (exact) mass is 293 g/mol. The van der Waals surface area contributed by atoms with E-state index in [1.165, 1.54) is 4.90 Å². The number of benzene rings is 1. The first kappa shape index (κ1) is 17.0. The molecule has 6 heteroatoms. The van der Waals surface area contributed by atoms with Crippen molar-refractivity contribution in [1.29, 1.82) is 0 Å². The van der Waals surface area contributed by atoms with E-state index in [2.05, 4.69) is 10.6 Å². The topological polar surface area (TPSA) is 70.7 Å². The third kappa shape index (κ3) is 5.83. The van der Waals surface area contributed by atoms with Gasteiger partial charge in [-0.25, -0.2) is 9.59 Å². The maximum Gasteiger partial charge on any atom is 0.327 e. The van der Waals surface area contributed by atoms with Crippen molar-refractivity contribution in [3.8, 4) is 0 Å². The van der Waals surface area contributed by atoms with Crippen LogP contribution in [0.5, 0.6) is 0 Å². The minimum absolute atomic E-state index is 0.163. The van der Waals surface area contributed by atoms with E-state index in [4.69, 9.17) is 4.74 Å². The predicted octanol–water partition coefficient (Wildman–Crippen LogP) is 1.15. The molecule has 1 atom stereocenters. The Morgan fingerprint density at radius 3 is 2.43 bits per heavy atom. The van der Waals surface area contributed by atoms with Crippen molar-refractivity contribution in [1.82, 2.24) is 15.5 Å². The number of ether oxygens (including phenoxy) is 1. The zero-order chi connectivity index (χ0) is 15.7. The molecule has 0 heterocycles. The Morgan fingerprint density at radius 2 is 1.86 bits per heavy atom. The highest BCUT2D eigenvalue weighted by atomic mass is 16.5. The molecule has 2 N–H and O–H groups in total. The van der Waals surface area contributed by atoms with E-state index >= 15 is 0 Å². The van der Waals surface area contributed by atoms with Crippen LogP contribution < -0.4 is 10.6 Å². The average molecular weight is 293 g/mol. The van der Waals surface area contributed by atoms with Crippen molar-refractivity contribution in [2.24, 2.45) is 0 Å². The van der Waals surface area contributed by atoms with Crippen LogP contribution in [0.1, 0.15) is 18.5 Å². The summed E-state index contributed by atoms with van der Waals surface area (Å²) in [5.74, 6) is -0.317. The van der Waals surface area contributed by atoms with Crippen LogP contribution in [-0.2, 0) is 9.53 Å². The quantitative estimate of drug-likeness (QED) is 0.584. The van der Waals surface area contributed by atoms with Crippen LogP contribution in [0.4, 0.5) is 4.79 Å². The number of nitrogens with one attached hydrogen (secondary N) is 2. The number of urea groups is 1. The second-order valence-corrected chi connectivity index (χ2v) is 4.68. The van der Waals surface area contributed by atoms with Gasteiger partial charge in [0.15, 0.2) is 0 Å². The van der Waals surface area contributed by atoms with Gasteiger partial charge in [0.1, 0.15) is 6.04 Å². The number of hydrogen-bond donors (Lipinski definition) is 2. The summed E-state index contributed by atoms with van der Waals surface area (Å²) in [6.45, 7) is 3.01. The fraction of sp³-hybridized carbons (Fsp3) is 0.467. The van der Waals surface area contributed by atoms with E-state index in [1.807, 2.05) is 30.3 Å². The minimum atomic E-state index is -0.526. The number of rotatable bonds is 7. The third-order valence-electron chi connectivity index (χ3n) is 2.81.